The number of rotatable bonds is 21. The van der Waals surface area contributed by atoms with Gasteiger partial charge >= 0.3 is 29.6 Å². The molecule has 0 aliphatic heterocycles. The molecule has 0 unspecified atom stereocenters. The van der Waals surface area contributed by atoms with Gasteiger partial charge in [0.25, 0.3) is 10.1 Å². The summed E-state index contributed by atoms with van der Waals surface area (Å²) in [4.78, 5) is 0. The number of hydrogen-bond acceptors (Lipinski definition) is 2. The van der Waals surface area contributed by atoms with Gasteiger partial charge in [0.1, 0.15) is 0 Å². The van der Waals surface area contributed by atoms with Crippen LogP contribution >= 0.6 is 0 Å². The van der Waals surface area contributed by atoms with E-state index >= 15 is 0 Å². The molecule has 0 heterocycles. The first kappa shape index (κ1) is 30.1. The van der Waals surface area contributed by atoms with Crippen molar-refractivity contribution in [1.29, 1.82) is 0 Å². The number of hydrogen-bond donors (Lipinski definition) is 1. The second kappa shape index (κ2) is 23.2. The molecule has 0 aromatic carbocycles. The largest absolute Gasteiger partial charge is 1.00 e. The maximum Gasteiger partial charge on any atom is 1.00 e. The molecule has 0 saturated carbocycles. The van der Waals surface area contributed by atoms with Crippen LogP contribution in [-0.4, -0.2) is 18.7 Å². The third-order valence-electron chi connectivity index (χ3n) is 5.26. The van der Waals surface area contributed by atoms with Crippen LogP contribution in [0.1, 0.15) is 137 Å². The molecular weight excluding hydrogens is 367 g/mol. The Balaban J connectivity index is -0.00000312. The Bertz CT molecular complexity index is 378. The zero-order valence-corrected chi connectivity index (χ0v) is 21.3. The van der Waals surface area contributed by atoms with Crippen molar-refractivity contribution in [3.05, 3.63) is 0 Å². The smallest absolute Gasteiger partial charge is 1.00 e. The Kier molecular flexibility index (Phi) is 25.9. The average Bonchev–Trinajstić information content (AvgIpc) is 2.59. The second-order valence-electron chi connectivity index (χ2n) is 8.00. The summed E-state index contributed by atoms with van der Waals surface area (Å²) in [6.07, 6.45) is 26.2. The topological polar surface area (TPSA) is 54.4 Å². The summed E-state index contributed by atoms with van der Waals surface area (Å²) < 4.78 is 29.8. The zero-order valence-electron chi connectivity index (χ0n) is 19.5. The molecule has 0 aromatic rings. The molecule has 0 spiro atoms. The van der Waals surface area contributed by atoms with Crippen molar-refractivity contribution in [2.24, 2.45) is 0 Å². The van der Waals surface area contributed by atoms with Crippen molar-refractivity contribution in [2.75, 3.05) is 5.75 Å². The van der Waals surface area contributed by atoms with Crippen molar-refractivity contribution in [3.63, 3.8) is 0 Å². The van der Waals surface area contributed by atoms with Gasteiger partial charge < -0.3 is 1.43 Å². The molecule has 1 N–H and O–H groups in total. The van der Waals surface area contributed by atoms with Crippen LogP contribution in [0.15, 0.2) is 0 Å². The minimum Gasteiger partial charge on any atom is -1.00 e. The molecule has 27 heavy (non-hydrogen) atoms. The van der Waals surface area contributed by atoms with E-state index < -0.39 is 10.1 Å². The van der Waals surface area contributed by atoms with Crippen LogP contribution in [0.2, 0.25) is 0 Å². The summed E-state index contributed by atoms with van der Waals surface area (Å²) in [5, 5.41) is 0. The zero-order chi connectivity index (χ0) is 19.3. The van der Waals surface area contributed by atoms with Gasteiger partial charge in [-0.2, -0.15) is 8.42 Å². The molecule has 0 saturated heterocycles. The van der Waals surface area contributed by atoms with Crippen LogP contribution in [0.25, 0.3) is 0 Å². The third kappa shape index (κ3) is 29.2. The van der Waals surface area contributed by atoms with Crippen LogP contribution in [0.4, 0.5) is 0 Å². The summed E-state index contributed by atoms with van der Waals surface area (Å²) >= 11 is 0. The van der Waals surface area contributed by atoms with Gasteiger partial charge in [-0.15, -0.1) is 0 Å². The van der Waals surface area contributed by atoms with Crippen molar-refractivity contribution in [3.8, 4) is 0 Å². The fourth-order valence-electron chi connectivity index (χ4n) is 3.54. The average molecular weight is 415 g/mol. The van der Waals surface area contributed by atoms with E-state index in [1.165, 1.54) is 109 Å². The predicted octanol–water partition coefficient (Wildman–Crippen LogP) is 4.81. The normalized spacial score (nSPS) is 11.5. The van der Waals surface area contributed by atoms with Gasteiger partial charge in [-0.25, -0.2) is 0 Å². The monoisotopic (exact) mass is 414 g/mol. The summed E-state index contributed by atoms with van der Waals surface area (Å²) in [5.74, 6) is -0.0774. The van der Waals surface area contributed by atoms with E-state index in [9.17, 15) is 8.42 Å². The van der Waals surface area contributed by atoms with E-state index in [2.05, 4.69) is 6.92 Å². The van der Waals surface area contributed by atoms with Gasteiger partial charge in [0.2, 0.25) is 0 Å². The molecule has 0 aromatic heterocycles. The first-order valence-electron chi connectivity index (χ1n) is 11.5. The maximum absolute atomic E-state index is 10.6. The van der Waals surface area contributed by atoms with Gasteiger partial charge in [-0.3, -0.25) is 4.55 Å². The molecule has 5 heteroatoms. The van der Waals surface area contributed by atoms with Crippen molar-refractivity contribution in [1.82, 2.24) is 0 Å². The van der Waals surface area contributed by atoms with E-state index in [4.69, 9.17) is 4.55 Å². The van der Waals surface area contributed by atoms with Gasteiger partial charge in [0.15, 0.2) is 0 Å². The Morgan fingerprint density at radius 3 is 0.963 bits per heavy atom. The Labute approximate surface area is 194 Å². The summed E-state index contributed by atoms with van der Waals surface area (Å²) in [6.45, 7) is 2.28. The van der Waals surface area contributed by atoms with E-state index in [0.717, 1.165) is 12.8 Å². The molecule has 0 radical (unpaired) electrons. The van der Waals surface area contributed by atoms with E-state index in [1.54, 1.807) is 0 Å². The standard InChI is InChI=1S/C22H46O3S.Na.H/c1-2-3-4-5-6-7-8-9-10-11-12-13-14-15-16-17-18-19-20-21-22-26(23,24)25;;/h2-22H2,1H3,(H,23,24,25);;/q;+1;-1. The molecule has 160 valence electrons. The molecule has 0 fully saturated rings. The molecule has 0 rings (SSSR count). The van der Waals surface area contributed by atoms with Crippen molar-refractivity contribution < 1.29 is 44.0 Å². The Hall–Kier alpha value is 0.910. The molecule has 0 bridgehead atoms. The first-order valence-corrected chi connectivity index (χ1v) is 13.1. The van der Waals surface area contributed by atoms with Gasteiger partial charge in [0.05, 0.1) is 5.75 Å². The van der Waals surface area contributed by atoms with Crippen LogP contribution in [0.5, 0.6) is 0 Å². The second-order valence-corrected chi connectivity index (χ2v) is 9.58. The number of unbranched alkanes of at least 4 members (excludes halogenated alkanes) is 19. The summed E-state index contributed by atoms with van der Waals surface area (Å²) in [5.41, 5.74) is 0. The fraction of sp³-hybridized carbons (Fsp3) is 1.00. The minimum atomic E-state index is -3.75. The van der Waals surface area contributed by atoms with Crippen LogP contribution in [-0.2, 0) is 10.1 Å². The molecule has 0 amide bonds. The van der Waals surface area contributed by atoms with Crippen LogP contribution in [0.3, 0.4) is 0 Å². The summed E-state index contributed by atoms with van der Waals surface area (Å²) in [7, 11) is -3.75. The quantitative estimate of drug-likeness (QED) is 0.167. The van der Waals surface area contributed by atoms with E-state index in [0.29, 0.717) is 6.42 Å². The van der Waals surface area contributed by atoms with Crippen LogP contribution < -0.4 is 29.6 Å². The third-order valence-corrected chi connectivity index (χ3v) is 6.06. The molecule has 0 atom stereocenters. The Morgan fingerprint density at radius 1 is 0.519 bits per heavy atom. The summed E-state index contributed by atoms with van der Waals surface area (Å²) in [6, 6.07) is 0. The van der Waals surface area contributed by atoms with Crippen LogP contribution in [0, 0.1) is 0 Å². The van der Waals surface area contributed by atoms with Gasteiger partial charge in [0, 0.05) is 0 Å². The maximum atomic E-state index is 10.6. The fourth-order valence-corrected chi connectivity index (χ4v) is 4.11. The minimum absolute atomic E-state index is 0. The van der Waals surface area contributed by atoms with Crippen molar-refractivity contribution in [2.45, 2.75) is 135 Å². The molecule has 0 aliphatic rings. The van der Waals surface area contributed by atoms with E-state index in [1.807, 2.05) is 0 Å². The van der Waals surface area contributed by atoms with Gasteiger partial charge in [-0.05, 0) is 6.42 Å². The van der Waals surface area contributed by atoms with Gasteiger partial charge in [-0.1, -0.05) is 129 Å². The molecule has 3 nitrogen and oxygen atoms in total. The molecular formula is C22H47NaO3S. The Morgan fingerprint density at radius 2 is 0.741 bits per heavy atom. The molecule has 0 aliphatic carbocycles. The predicted molar refractivity (Wildman–Crippen MR) is 116 cm³/mol. The van der Waals surface area contributed by atoms with Crippen molar-refractivity contribution >= 4 is 10.1 Å². The SMILES string of the molecule is CCCCCCCCCCCCCCCCCCCCCCS(=O)(=O)O.[H-].[Na+]. The van der Waals surface area contributed by atoms with E-state index in [-0.39, 0.29) is 36.7 Å². The first-order chi connectivity index (χ1) is 12.6.